The molecule has 17 heavy (non-hydrogen) atoms. The van der Waals surface area contributed by atoms with Crippen molar-refractivity contribution in [1.29, 1.82) is 0 Å². The molecule has 1 aromatic carbocycles. The van der Waals surface area contributed by atoms with E-state index in [1.165, 1.54) is 0 Å². The third-order valence-electron chi connectivity index (χ3n) is 3.04. The SMILES string of the molecule is COc1cccc(C=C2CCCCC2=NO)c1. The van der Waals surface area contributed by atoms with Crippen LogP contribution in [0.2, 0.25) is 0 Å². The van der Waals surface area contributed by atoms with Crippen LogP contribution < -0.4 is 4.74 Å². The zero-order valence-electron chi connectivity index (χ0n) is 10.0. The predicted octanol–water partition coefficient (Wildman–Crippen LogP) is 3.48. The zero-order valence-corrected chi connectivity index (χ0v) is 10.0. The van der Waals surface area contributed by atoms with Crippen molar-refractivity contribution in [2.24, 2.45) is 5.16 Å². The highest BCUT2D eigenvalue weighted by molar-refractivity contribution is 6.03. The van der Waals surface area contributed by atoms with Gasteiger partial charge in [0.05, 0.1) is 12.8 Å². The van der Waals surface area contributed by atoms with Crippen LogP contribution in [0.25, 0.3) is 6.08 Å². The topological polar surface area (TPSA) is 41.8 Å². The van der Waals surface area contributed by atoms with Crippen LogP contribution in [-0.4, -0.2) is 18.0 Å². The van der Waals surface area contributed by atoms with E-state index in [1.54, 1.807) is 7.11 Å². The second kappa shape index (κ2) is 5.53. The normalized spacial score (nSPS) is 20.8. The smallest absolute Gasteiger partial charge is 0.119 e. The first kappa shape index (κ1) is 11.7. The molecule has 1 aliphatic rings. The molecule has 90 valence electrons. The Morgan fingerprint density at radius 2 is 2.12 bits per heavy atom. The molecule has 0 bridgehead atoms. The molecule has 0 amide bonds. The van der Waals surface area contributed by atoms with E-state index in [0.29, 0.717) is 0 Å². The first-order valence-electron chi connectivity index (χ1n) is 5.89. The van der Waals surface area contributed by atoms with Crippen LogP contribution in [0.3, 0.4) is 0 Å². The number of oxime groups is 1. The Morgan fingerprint density at radius 1 is 1.29 bits per heavy atom. The van der Waals surface area contributed by atoms with E-state index in [2.05, 4.69) is 11.2 Å². The van der Waals surface area contributed by atoms with Gasteiger partial charge in [0.15, 0.2) is 0 Å². The molecule has 1 saturated carbocycles. The molecule has 0 atom stereocenters. The summed E-state index contributed by atoms with van der Waals surface area (Å²) >= 11 is 0. The second-order valence-electron chi connectivity index (χ2n) is 4.20. The molecule has 3 heteroatoms. The maximum Gasteiger partial charge on any atom is 0.119 e. The molecule has 1 aromatic rings. The molecule has 1 fully saturated rings. The first-order valence-corrected chi connectivity index (χ1v) is 5.89. The van der Waals surface area contributed by atoms with Crippen molar-refractivity contribution in [1.82, 2.24) is 0 Å². The zero-order chi connectivity index (χ0) is 12.1. The van der Waals surface area contributed by atoms with E-state index in [-0.39, 0.29) is 0 Å². The Hall–Kier alpha value is -1.77. The number of allylic oxidation sites excluding steroid dienone is 1. The number of rotatable bonds is 2. The summed E-state index contributed by atoms with van der Waals surface area (Å²) in [6.45, 7) is 0. The van der Waals surface area contributed by atoms with Gasteiger partial charge in [-0.2, -0.15) is 0 Å². The van der Waals surface area contributed by atoms with Gasteiger partial charge in [-0.1, -0.05) is 17.3 Å². The fraction of sp³-hybridized carbons (Fsp3) is 0.357. The number of hydrogen-bond donors (Lipinski definition) is 1. The minimum absolute atomic E-state index is 0.819. The van der Waals surface area contributed by atoms with E-state index >= 15 is 0 Å². The summed E-state index contributed by atoms with van der Waals surface area (Å²) in [5, 5.41) is 12.3. The number of methoxy groups -OCH3 is 1. The molecule has 0 saturated heterocycles. The number of benzene rings is 1. The first-order chi connectivity index (χ1) is 8.33. The molecule has 3 nitrogen and oxygen atoms in total. The molecule has 0 aliphatic heterocycles. The standard InChI is InChI=1S/C14H17NO2/c1-17-13-7-4-5-11(10-13)9-12-6-2-3-8-14(12)15-16/h4-5,7,9-10,16H,2-3,6,8H2,1H3. The molecule has 0 aromatic heterocycles. The lowest BCUT2D eigenvalue weighted by molar-refractivity contribution is 0.316. The highest BCUT2D eigenvalue weighted by Gasteiger charge is 2.13. The van der Waals surface area contributed by atoms with Gasteiger partial charge in [-0.3, -0.25) is 0 Å². The van der Waals surface area contributed by atoms with Crippen LogP contribution >= 0.6 is 0 Å². The molecule has 0 radical (unpaired) electrons. The van der Waals surface area contributed by atoms with Gasteiger partial charge in [0.1, 0.15) is 5.75 Å². The lowest BCUT2D eigenvalue weighted by Gasteiger charge is -2.15. The van der Waals surface area contributed by atoms with Gasteiger partial charge in [0, 0.05) is 0 Å². The van der Waals surface area contributed by atoms with E-state index in [0.717, 1.165) is 48.3 Å². The predicted molar refractivity (Wildman–Crippen MR) is 68.7 cm³/mol. The van der Waals surface area contributed by atoms with Gasteiger partial charge < -0.3 is 9.94 Å². The van der Waals surface area contributed by atoms with E-state index in [1.807, 2.05) is 24.3 Å². The molecule has 2 rings (SSSR count). The van der Waals surface area contributed by atoms with E-state index in [9.17, 15) is 0 Å². The van der Waals surface area contributed by atoms with Gasteiger partial charge in [-0.15, -0.1) is 0 Å². The molecule has 0 heterocycles. The Morgan fingerprint density at radius 3 is 2.88 bits per heavy atom. The van der Waals surface area contributed by atoms with Crippen LogP contribution in [0, 0.1) is 0 Å². The van der Waals surface area contributed by atoms with E-state index in [4.69, 9.17) is 9.94 Å². The average molecular weight is 231 g/mol. The summed E-state index contributed by atoms with van der Waals surface area (Å²) in [5.41, 5.74) is 3.04. The minimum Gasteiger partial charge on any atom is -0.497 e. The van der Waals surface area contributed by atoms with Gasteiger partial charge in [-0.05, 0) is 55.0 Å². The van der Waals surface area contributed by atoms with Gasteiger partial charge in [0.25, 0.3) is 0 Å². The molecule has 1 N–H and O–H groups in total. The van der Waals surface area contributed by atoms with Crippen molar-refractivity contribution in [2.75, 3.05) is 7.11 Å². The molecule has 0 unspecified atom stereocenters. The minimum atomic E-state index is 0.819. The maximum atomic E-state index is 8.96. The third kappa shape index (κ3) is 2.87. The lowest BCUT2D eigenvalue weighted by atomic mass is 9.91. The van der Waals surface area contributed by atoms with Gasteiger partial charge in [-0.25, -0.2) is 0 Å². The monoisotopic (exact) mass is 231 g/mol. The van der Waals surface area contributed by atoms with Crippen LogP contribution in [0.4, 0.5) is 0 Å². The van der Waals surface area contributed by atoms with Crippen molar-refractivity contribution < 1.29 is 9.94 Å². The van der Waals surface area contributed by atoms with Crippen molar-refractivity contribution in [3.05, 3.63) is 35.4 Å². The van der Waals surface area contributed by atoms with Gasteiger partial charge in [0.2, 0.25) is 0 Å². The second-order valence-corrected chi connectivity index (χ2v) is 4.20. The van der Waals surface area contributed by atoms with Crippen LogP contribution in [0.1, 0.15) is 31.2 Å². The van der Waals surface area contributed by atoms with Crippen molar-refractivity contribution in [2.45, 2.75) is 25.7 Å². The highest BCUT2D eigenvalue weighted by Crippen LogP contribution is 2.24. The number of nitrogens with zero attached hydrogens (tertiary/aromatic N) is 1. The summed E-state index contributed by atoms with van der Waals surface area (Å²) in [7, 11) is 1.66. The maximum absolute atomic E-state index is 8.96. The summed E-state index contributed by atoms with van der Waals surface area (Å²) in [5.74, 6) is 0.845. The van der Waals surface area contributed by atoms with Crippen molar-refractivity contribution in [3.63, 3.8) is 0 Å². The molecular formula is C14H17NO2. The largest absolute Gasteiger partial charge is 0.497 e. The summed E-state index contributed by atoms with van der Waals surface area (Å²) in [6, 6.07) is 7.89. The molecule has 0 spiro atoms. The Balaban J connectivity index is 2.27. The third-order valence-corrected chi connectivity index (χ3v) is 3.04. The quantitative estimate of drug-likeness (QED) is 0.625. The number of hydrogen-bond acceptors (Lipinski definition) is 3. The van der Waals surface area contributed by atoms with Crippen molar-refractivity contribution in [3.8, 4) is 5.75 Å². The Kier molecular flexibility index (Phi) is 3.81. The molecular weight excluding hydrogens is 214 g/mol. The van der Waals surface area contributed by atoms with Crippen molar-refractivity contribution >= 4 is 11.8 Å². The Labute approximate surface area is 101 Å². The lowest BCUT2D eigenvalue weighted by Crippen LogP contribution is -2.08. The summed E-state index contributed by atoms with van der Waals surface area (Å²) in [6.07, 6.45) is 6.20. The fourth-order valence-corrected chi connectivity index (χ4v) is 2.11. The van der Waals surface area contributed by atoms with Crippen LogP contribution in [0.15, 0.2) is 35.0 Å². The van der Waals surface area contributed by atoms with Gasteiger partial charge >= 0.3 is 0 Å². The fourth-order valence-electron chi connectivity index (χ4n) is 2.11. The van der Waals surface area contributed by atoms with Crippen LogP contribution in [0.5, 0.6) is 5.75 Å². The highest BCUT2D eigenvalue weighted by atomic mass is 16.5. The summed E-state index contributed by atoms with van der Waals surface area (Å²) < 4.78 is 5.19. The van der Waals surface area contributed by atoms with E-state index < -0.39 is 0 Å². The molecule has 1 aliphatic carbocycles. The number of ether oxygens (including phenoxy) is 1. The average Bonchev–Trinajstić information content (AvgIpc) is 2.39. The van der Waals surface area contributed by atoms with Crippen LogP contribution in [-0.2, 0) is 0 Å². The Bertz CT molecular complexity index is 449. The summed E-state index contributed by atoms with van der Waals surface area (Å²) in [4.78, 5) is 0.